The summed E-state index contributed by atoms with van der Waals surface area (Å²) in [5.74, 6) is 0.502. The lowest BCUT2D eigenvalue weighted by Gasteiger charge is -2.16. The van der Waals surface area contributed by atoms with E-state index < -0.39 is 0 Å². The van der Waals surface area contributed by atoms with Crippen LogP contribution in [0.4, 0.5) is 0 Å². The van der Waals surface area contributed by atoms with Gasteiger partial charge in [-0.05, 0) is 50.5 Å². The zero-order valence-electron chi connectivity index (χ0n) is 17.2. The second-order valence-electron chi connectivity index (χ2n) is 7.29. The monoisotopic (exact) mass is 355 g/mol. The van der Waals surface area contributed by atoms with Gasteiger partial charge in [-0.2, -0.15) is 0 Å². The van der Waals surface area contributed by atoms with Gasteiger partial charge in [-0.25, -0.2) is 0 Å². The molecule has 0 bridgehead atoms. The van der Waals surface area contributed by atoms with Crippen LogP contribution in [0, 0.1) is 17.2 Å². The van der Waals surface area contributed by atoms with Gasteiger partial charge in [-0.15, -0.1) is 0 Å². The van der Waals surface area contributed by atoms with Crippen molar-refractivity contribution in [2.75, 3.05) is 0 Å². The number of aldehydes is 1. The van der Waals surface area contributed by atoms with Gasteiger partial charge < -0.3 is 5.41 Å². The Hall–Kier alpha value is -1.96. The Balaban J connectivity index is 4.94. The van der Waals surface area contributed by atoms with Crippen LogP contribution < -0.4 is 0 Å². The molecule has 1 N–H and O–H groups in total. The summed E-state index contributed by atoms with van der Waals surface area (Å²) < 4.78 is 0. The molecule has 0 aliphatic carbocycles. The van der Waals surface area contributed by atoms with Gasteiger partial charge in [0.05, 0.1) is 5.71 Å². The number of rotatable bonds is 14. The summed E-state index contributed by atoms with van der Waals surface area (Å²) in [5, 5.41) is 7.97. The van der Waals surface area contributed by atoms with Crippen LogP contribution in [0.2, 0.25) is 0 Å². The van der Waals surface area contributed by atoms with Crippen molar-refractivity contribution in [2.45, 2.75) is 66.2 Å². The van der Waals surface area contributed by atoms with Gasteiger partial charge in [0.2, 0.25) is 0 Å². The zero-order chi connectivity index (χ0) is 19.9. The zero-order valence-corrected chi connectivity index (χ0v) is 17.2. The summed E-state index contributed by atoms with van der Waals surface area (Å²) >= 11 is 0. The average Bonchev–Trinajstić information content (AvgIpc) is 2.62. The number of carbonyl (C=O) groups excluding carboxylic acids is 1. The van der Waals surface area contributed by atoms with Gasteiger partial charge in [-0.3, -0.25) is 4.79 Å². The third kappa shape index (κ3) is 10.8. The van der Waals surface area contributed by atoms with Crippen LogP contribution >= 0.6 is 0 Å². The molecule has 144 valence electrons. The summed E-state index contributed by atoms with van der Waals surface area (Å²) in [6, 6.07) is 0. The normalized spacial score (nSPS) is 13.9. The maximum Gasteiger partial charge on any atom is 0.164 e. The van der Waals surface area contributed by atoms with Crippen molar-refractivity contribution in [2.24, 2.45) is 11.8 Å². The molecule has 0 spiro atoms. The van der Waals surface area contributed by atoms with Crippen molar-refractivity contribution in [3.05, 3.63) is 60.3 Å². The van der Waals surface area contributed by atoms with E-state index in [1.165, 1.54) is 5.57 Å². The highest BCUT2D eigenvalue weighted by molar-refractivity contribution is 6.28. The van der Waals surface area contributed by atoms with Crippen LogP contribution in [-0.4, -0.2) is 12.0 Å². The molecule has 0 radical (unpaired) electrons. The maximum absolute atomic E-state index is 11.1. The van der Waals surface area contributed by atoms with Crippen LogP contribution in [0.25, 0.3) is 0 Å². The molecule has 26 heavy (non-hydrogen) atoms. The molecule has 0 saturated carbocycles. The maximum atomic E-state index is 11.1. The van der Waals surface area contributed by atoms with Crippen LogP contribution in [0.3, 0.4) is 0 Å². The first kappa shape index (κ1) is 24.0. The van der Waals surface area contributed by atoms with Gasteiger partial charge >= 0.3 is 0 Å². The van der Waals surface area contributed by atoms with Gasteiger partial charge in [0.25, 0.3) is 0 Å². The summed E-state index contributed by atoms with van der Waals surface area (Å²) in [7, 11) is 0. The van der Waals surface area contributed by atoms with Crippen molar-refractivity contribution < 1.29 is 4.79 Å². The lowest BCUT2D eigenvalue weighted by Crippen LogP contribution is -2.16. The topological polar surface area (TPSA) is 40.9 Å². The Bertz CT molecular complexity index is 561. The standard InChI is InChI=1S/C24H37NO/c1-7-9-12-22(17-20(5)8-2)13-10-11-14-23(24(25)18-26)21(6)16-15-19(3)4/h8,10,12-13,16,18-19,23,25H,2,5,7,9,11,14-15,17H2,1,3-4,6H3/b13-10-,21-16-,22-12+,25-24?. The molecule has 0 aromatic rings. The first-order chi connectivity index (χ1) is 12.3. The molecule has 0 aromatic heterocycles. The van der Waals surface area contributed by atoms with Gasteiger partial charge in [-0.1, -0.05) is 81.9 Å². The molecule has 0 saturated heterocycles. The van der Waals surface area contributed by atoms with E-state index in [1.807, 2.05) is 6.92 Å². The molecule has 0 rings (SSSR count). The third-order valence-electron chi connectivity index (χ3n) is 4.33. The number of hydrogen-bond donors (Lipinski definition) is 1. The third-order valence-corrected chi connectivity index (χ3v) is 4.33. The van der Waals surface area contributed by atoms with E-state index in [1.54, 1.807) is 6.08 Å². The summed E-state index contributed by atoms with van der Waals surface area (Å²) in [6.07, 6.45) is 16.8. The van der Waals surface area contributed by atoms with E-state index in [9.17, 15) is 4.79 Å². The summed E-state index contributed by atoms with van der Waals surface area (Å²) in [6.45, 7) is 16.3. The number of unbranched alkanes of at least 4 members (excludes halogenated alkanes) is 1. The van der Waals surface area contributed by atoms with Crippen molar-refractivity contribution in [1.82, 2.24) is 0 Å². The second kappa shape index (κ2) is 14.2. The minimum absolute atomic E-state index is 0.0814. The van der Waals surface area contributed by atoms with Gasteiger partial charge in [0.15, 0.2) is 6.29 Å². The Morgan fingerprint density at radius 2 is 1.88 bits per heavy atom. The molecule has 0 fully saturated rings. The Kier molecular flexibility index (Phi) is 13.2. The van der Waals surface area contributed by atoms with Gasteiger partial charge in [0, 0.05) is 5.92 Å². The summed E-state index contributed by atoms with van der Waals surface area (Å²) in [5.41, 5.74) is 3.58. The quantitative estimate of drug-likeness (QED) is 0.155. The van der Waals surface area contributed by atoms with E-state index in [2.05, 4.69) is 58.2 Å². The predicted octanol–water partition coefficient (Wildman–Crippen LogP) is 7.01. The highest BCUT2D eigenvalue weighted by Crippen LogP contribution is 2.21. The molecule has 0 amide bonds. The average molecular weight is 356 g/mol. The van der Waals surface area contributed by atoms with Crippen molar-refractivity contribution >= 4 is 12.0 Å². The van der Waals surface area contributed by atoms with Crippen LogP contribution in [0.15, 0.2) is 60.3 Å². The van der Waals surface area contributed by atoms with Crippen LogP contribution in [-0.2, 0) is 4.79 Å². The smallest absolute Gasteiger partial charge is 0.164 e. The number of nitrogens with one attached hydrogen (secondary N) is 1. The fourth-order valence-corrected chi connectivity index (χ4v) is 2.64. The minimum Gasteiger partial charge on any atom is -0.301 e. The predicted molar refractivity (Wildman–Crippen MR) is 116 cm³/mol. The van der Waals surface area contributed by atoms with Crippen LogP contribution in [0.5, 0.6) is 0 Å². The Morgan fingerprint density at radius 1 is 1.19 bits per heavy atom. The molecule has 1 unspecified atom stereocenters. The van der Waals surface area contributed by atoms with Crippen LogP contribution in [0.1, 0.15) is 66.2 Å². The first-order valence-corrected chi connectivity index (χ1v) is 9.71. The highest BCUT2D eigenvalue weighted by atomic mass is 16.1. The van der Waals surface area contributed by atoms with E-state index >= 15 is 0 Å². The van der Waals surface area contributed by atoms with E-state index in [0.717, 1.165) is 49.7 Å². The Labute approximate surface area is 161 Å². The largest absolute Gasteiger partial charge is 0.301 e. The molecular weight excluding hydrogens is 318 g/mol. The number of allylic oxidation sites excluding steroid dienone is 8. The molecular formula is C24H37NO. The first-order valence-electron chi connectivity index (χ1n) is 9.71. The molecule has 2 nitrogen and oxygen atoms in total. The molecule has 2 heteroatoms. The Morgan fingerprint density at radius 3 is 2.42 bits per heavy atom. The summed E-state index contributed by atoms with van der Waals surface area (Å²) in [4.78, 5) is 11.1. The van der Waals surface area contributed by atoms with E-state index in [-0.39, 0.29) is 11.6 Å². The SMILES string of the molecule is C=CC(=C)CC(/C=C\CCC(C(=N)C=O)/C(C)=C\CC(C)C)=C/CCC. The van der Waals surface area contributed by atoms with Crippen molar-refractivity contribution in [3.8, 4) is 0 Å². The lowest BCUT2D eigenvalue weighted by atomic mass is 9.89. The van der Waals surface area contributed by atoms with Gasteiger partial charge in [0.1, 0.15) is 0 Å². The highest BCUT2D eigenvalue weighted by Gasteiger charge is 2.15. The lowest BCUT2D eigenvalue weighted by molar-refractivity contribution is -0.103. The number of carbonyl (C=O) groups is 1. The molecule has 0 aromatic carbocycles. The minimum atomic E-state index is -0.0814. The van der Waals surface area contributed by atoms with E-state index in [4.69, 9.17) is 5.41 Å². The molecule has 0 aliphatic heterocycles. The van der Waals surface area contributed by atoms with Crippen molar-refractivity contribution in [3.63, 3.8) is 0 Å². The second-order valence-corrected chi connectivity index (χ2v) is 7.29. The molecule has 0 aliphatic rings. The fraction of sp³-hybridized carbons (Fsp3) is 0.500. The van der Waals surface area contributed by atoms with E-state index in [0.29, 0.717) is 12.2 Å². The fourth-order valence-electron chi connectivity index (χ4n) is 2.64. The molecule has 0 heterocycles. The van der Waals surface area contributed by atoms with Crippen molar-refractivity contribution in [1.29, 1.82) is 5.41 Å². The number of hydrogen-bond acceptors (Lipinski definition) is 2. The molecule has 1 atom stereocenters.